The van der Waals surface area contributed by atoms with E-state index in [0.717, 1.165) is 18.4 Å². The van der Waals surface area contributed by atoms with Gasteiger partial charge in [-0.15, -0.1) is 0 Å². The number of imide groups is 1. The minimum Gasteiger partial charge on any atom is -0.309 e. The Bertz CT molecular complexity index is 583. The van der Waals surface area contributed by atoms with Crippen LogP contribution in [0.25, 0.3) is 0 Å². The van der Waals surface area contributed by atoms with Crippen molar-refractivity contribution < 1.29 is 9.59 Å². The van der Waals surface area contributed by atoms with Gasteiger partial charge in [-0.05, 0) is 49.9 Å². The normalized spacial score (nSPS) is 22.9. The summed E-state index contributed by atoms with van der Waals surface area (Å²) in [6, 6.07) is 4.98. The molecule has 0 aromatic heterocycles. The van der Waals surface area contributed by atoms with Crippen molar-refractivity contribution in [2.45, 2.75) is 45.2 Å². The van der Waals surface area contributed by atoms with Gasteiger partial charge in [0.1, 0.15) is 6.04 Å². The van der Waals surface area contributed by atoms with Crippen molar-refractivity contribution in [2.24, 2.45) is 0 Å². The highest BCUT2D eigenvalue weighted by Gasteiger charge is 2.50. The van der Waals surface area contributed by atoms with Crippen molar-refractivity contribution in [1.82, 2.24) is 4.90 Å². The van der Waals surface area contributed by atoms with Crippen molar-refractivity contribution in [2.75, 3.05) is 4.90 Å². The number of aryl methyl sites for hydroxylation is 1. The van der Waals surface area contributed by atoms with E-state index in [0.29, 0.717) is 17.1 Å². The second-order valence-electron chi connectivity index (χ2n) is 5.45. The number of amides is 3. The first-order valence-electron chi connectivity index (χ1n) is 6.97. The summed E-state index contributed by atoms with van der Waals surface area (Å²) < 4.78 is 0. The molecule has 1 atom stereocenters. The number of halogens is 1. The van der Waals surface area contributed by atoms with Gasteiger partial charge in [-0.3, -0.25) is 4.79 Å². The highest BCUT2D eigenvalue weighted by molar-refractivity contribution is 6.31. The van der Waals surface area contributed by atoms with Gasteiger partial charge < -0.3 is 4.90 Å². The Hall–Kier alpha value is -1.55. The summed E-state index contributed by atoms with van der Waals surface area (Å²) in [4.78, 5) is 28.2. The largest absolute Gasteiger partial charge is 0.332 e. The predicted octanol–water partition coefficient (Wildman–Crippen LogP) is 3.36. The minimum atomic E-state index is -0.315. The van der Waals surface area contributed by atoms with Gasteiger partial charge in [0.15, 0.2) is 0 Å². The van der Waals surface area contributed by atoms with Crippen LogP contribution in [-0.2, 0) is 4.79 Å². The van der Waals surface area contributed by atoms with Gasteiger partial charge in [0.2, 0.25) is 0 Å². The van der Waals surface area contributed by atoms with E-state index in [9.17, 15) is 9.59 Å². The maximum Gasteiger partial charge on any atom is 0.332 e. The maximum atomic E-state index is 12.6. The molecule has 0 N–H and O–H groups in total. The Kier molecular flexibility index (Phi) is 3.21. The molecule has 1 aromatic rings. The molecule has 0 bridgehead atoms. The molecule has 1 aromatic carbocycles. The lowest BCUT2D eigenvalue weighted by Gasteiger charge is -2.20. The van der Waals surface area contributed by atoms with E-state index in [1.54, 1.807) is 23.1 Å². The average Bonchev–Trinajstić information content (AvgIpc) is 3.18. The van der Waals surface area contributed by atoms with Crippen molar-refractivity contribution in [3.05, 3.63) is 28.8 Å². The topological polar surface area (TPSA) is 40.6 Å². The van der Waals surface area contributed by atoms with Gasteiger partial charge in [0.25, 0.3) is 5.91 Å². The van der Waals surface area contributed by atoms with Crippen molar-refractivity contribution in [3.63, 3.8) is 0 Å². The SMILES string of the molecule is CC[C@H]1C(=O)N(c2ccc(Cl)cc2C)C(=O)N1C1CC1. The fourth-order valence-corrected chi connectivity index (χ4v) is 3.06. The fraction of sp³-hybridized carbons (Fsp3) is 0.467. The second-order valence-corrected chi connectivity index (χ2v) is 5.89. The molecule has 1 saturated heterocycles. The summed E-state index contributed by atoms with van der Waals surface area (Å²) in [5.41, 5.74) is 1.48. The minimum absolute atomic E-state index is 0.116. The predicted molar refractivity (Wildman–Crippen MR) is 78.0 cm³/mol. The summed E-state index contributed by atoms with van der Waals surface area (Å²) >= 11 is 5.94. The molecular weight excluding hydrogens is 276 g/mol. The number of hydrogen-bond donors (Lipinski definition) is 0. The van der Waals surface area contributed by atoms with Gasteiger partial charge >= 0.3 is 6.03 Å². The summed E-state index contributed by atoms with van der Waals surface area (Å²) in [5, 5.41) is 0.608. The lowest BCUT2D eigenvalue weighted by Crippen LogP contribution is -2.36. The van der Waals surface area contributed by atoms with E-state index in [4.69, 9.17) is 11.6 Å². The summed E-state index contributed by atoms with van der Waals surface area (Å²) in [5.74, 6) is -0.116. The van der Waals surface area contributed by atoms with Crippen LogP contribution < -0.4 is 4.90 Å². The molecule has 106 valence electrons. The molecule has 2 fully saturated rings. The molecule has 1 saturated carbocycles. The molecule has 1 heterocycles. The van der Waals surface area contributed by atoms with Crippen LogP contribution in [0.15, 0.2) is 18.2 Å². The van der Waals surface area contributed by atoms with Crippen molar-refractivity contribution >= 4 is 29.2 Å². The molecule has 20 heavy (non-hydrogen) atoms. The van der Waals surface area contributed by atoms with Gasteiger partial charge in [-0.25, -0.2) is 9.69 Å². The van der Waals surface area contributed by atoms with Gasteiger partial charge in [-0.2, -0.15) is 0 Å². The number of carbonyl (C=O) groups excluding carboxylic acids is 2. The average molecular weight is 293 g/mol. The highest BCUT2D eigenvalue weighted by atomic mass is 35.5. The first-order chi connectivity index (χ1) is 9.54. The van der Waals surface area contributed by atoms with Crippen LogP contribution in [0, 0.1) is 6.92 Å². The summed E-state index contributed by atoms with van der Waals surface area (Å²) in [7, 11) is 0. The second kappa shape index (κ2) is 4.77. The molecule has 2 aliphatic rings. The zero-order valence-corrected chi connectivity index (χ0v) is 12.4. The number of urea groups is 1. The van der Waals surface area contributed by atoms with Crippen molar-refractivity contribution in [3.8, 4) is 0 Å². The zero-order valence-electron chi connectivity index (χ0n) is 11.6. The smallest absolute Gasteiger partial charge is 0.309 e. The van der Waals surface area contributed by atoms with E-state index in [-0.39, 0.29) is 24.0 Å². The van der Waals surface area contributed by atoms with Crippen molar-refractivity contribution in [1.29, 1.82) is 0 Å². The van der Waals surface area contributed by atoms with Gasteiger partial charge in [0, 0.05) is 11.1 Å². The van der Waals surface area contributed by atoms with Crippen LogP contribution in [0.1, 0.15) is 31.7 Å². The molecular formula is C15H17ClN2O2. The van der Waals surface area contributed by atoms with E-state index >= 15 is 0 Å². The van der Waals surface area contributed by atoms with Crippen LogP contribution in [0.2, 0.25) is 5.02 Å². The van der Waals surface area contributed by atoms with Crippen LogP contribution in [0.4, 0.5) is 10.5 Å². The first-order valence-corrected chi connectivity index (χ1v) is 7.34. The van der Waals surface area contributed by atoms with Gasteiger partial charge in [0.05, 0.1) is 5.69 Å². The Morgan fingerprint density at radius 2 is 2.00 bits per heavy atom. The Labute approximate surface area is 123 Å². The molecule has 3 amide bonds. The Balaban J connectivity index is 2.00. The molecule has 1 aliphatic heterocycles. The van der Waals surface area contributed by atoms with E-state index in [1.807, 2.05) is 13.8 Å². The zero-order chi connectivity index (χ0) is 14.4. The number of rotatable bonds is 3. The van der Waals surface area contributed by atoms with E-state index < -0.39 is 0 Å². The van der Waals surface area contributed by atoms with Crippen LogP contribution in [-0.4, -0.2) is 28.9 Å². The van der Waals surface area contributed by atoms with Crippen LogP contribution in [0.5, 0.6) is 0 Å². The lowest BCUT2D eigenvalue weighted by atomic mass is 10.1. The highest BCUT2D eigenvalue weighted by Crippen LogP contribution is 2.37. The molecule has 0 spiro atoms. The lowest BCUT2D eigenvalue weighted by molar-refractivity contribution is -0.119. The number of benzene rings is 1. The molecule has 4 nitrogen and oxygen atoms in total. The number of hydrogen-bond acceptors (Lipinski definition) is 2. The van der Waals surface area contributed by atoms with Crippen LogP contribution in [0.3, 0.4) is 0 Å². The molecule has 0 unspecified atom stereocenters. The standard InChI is InChI=1S/C15H17ClN2O2/c1-3-12-14(19)18(15(20)17(12)11-5-6-11)13-7-4-10(16)8-9(13)2/h4,7-8,11-12H,3,5-6H2,1-2H3/t12-/m0/s1. The number of anilines is 1. The van der Waals surface area contributed by atoms with Crippen LogP contribution >= 0.6 is 11.6 Å². The quantitative estimate of drug-likeness (QED) is 0.802. The molecule has 1 aliphatic carbocycles. The molecule has 3 rings (SSSR count). The van der Waals surface area contributed by atoms with Gasteiger partial charge in [-0.1, -0.05) is 18.5 Å². The van der Waals surface area contributed by atoms with E-state index in [2.05, 4.69) is 0 Å². The number of carbonyl (C=O) groups is 2. The Morgan fingerprint density at radius 1 is 1.30 bits per heavy atom. The molecule has 0 radical (unpaired) electrons. The first kappa shape index (κ1) is 13.4. The number of nitrogens with zero attached hydrogens (tertiary/aromatic N) is 2. The maximum absolute atomic E-state index is 12.6. The summed E-state index contributed by atoms with van der Waals surface area (Å²) in [6.45, 7) is 3.81. The third-order valence-corrected chi connectivity index (χ3v) is 4.22. The monoisotopic (exact) mass is 292 g/mol. The van der Waals surface area contributed by atoms with E-state index in [1.165, 1.54) is 4.90 Å². The Morgan fingerprint density at radius 3 is 2.55 bits per heavy atom. The summed E-state index contributed by atoms with van der Waals surface area (Å²) in [6.07, 6.45) is 2.66. The fourth-order valence-electron chi connectivity index (χ4n) is 2.84. The third kappa shape index (κ3) is 1.99. The third-order valence-electron chi connectivity index (χ3n) is 3.98. The molecule has 5 heteroatoms.